The van der Waals surface area contributed by atoms with Crippen LogP contribution in [-0.2, 0) is 11.2 Å². The molecule has 0 saturated carbocycles. The maximum absolute atomic E-state index is 14.2. The Labute approximate surface area is 215 Å². The molecule has 6 rings (SSSR count). The van der Waals surface area contributed by atoms with Crippen molar-refractivity contribution in [3.05, 3.63) is 96.3 Å². The number of benzene rings is 3. The highest BCUT2D eigenvalue weighted by Crippen LogP contribution is 2.32. The summed E-state index contributed by atoms with van der Waals surface area (Å²) in [6, 6.07) is 27.2. The summed E-state index contributed by atoms with van der Waals surface area (Å²) in [6.45, 7) is 3.15. The van der Waals surface area contributed by atoms with Crippen LogP contribution in [0.5, 0.6) is 0 Å². The summed E-state index contributed by atoms with van der Waals surface area (Å²) in [5.74, 6) is -0.0813. The number of amides is 1. The van der Waals surface area contributed by atoms with Crippen LogP contribution in [-0.4, -0.2) is 47.0 Å². The van der Waals surface area contributed by atoms with E-state index in [1.807, 2.05) is 53.4 Å². The first-order valence-corrected chi connectivity index (χ1v) is 12.9. The van der Waals surface area contributed by atoms with Gasteiger partial charge in [-0.1, -0.05) is 42.5 Å². The number of aromatic amines is 1. The van der Waals surface area contributed by atoms with Gasteiger partial charge in [0.2, 0.25) is 5.91 Å². The van der Waals surface area contributed by atoms with Crippen molar-refractivity contribution < 1.29 is 9.18 Å². The average Bonchev–Trinajstić information content (AvgIpc) is 3.31. The summed E-state index contributed by atoms with van der Waals surface area (Å²) in [7, 11) is 0. The van der Waals surface area contributed by atoms with E-state index >= 15 is 0 Å². The third kappa shape index (κ3) is 4.79. The molecule has 0 radical (unpaired) electrons. The van der Waals surface area contributed by atoms with Gasteiger partial charge >= 0.3 is 0 Å². The van der Waals surface area contributed by atoms with Crippen LogP contribution in [0.1, 0.15) is 18.4 Å². The molecule has 0 bridgehead atoms. The Bertz CT molecular complexity index is 1550. The number of hydrogen-bond donors (Lipinski definition) is 1. The number of nitrogens with zero attached hydrogens (tertiary/aromatic N) is 3. The molecule has 37 heavy (non-hydrogen) atoms. The molecule has 1 N–H and O–H groups in total. The Morgan fingerprint density at radius 3 is 2.51 bits per heavy atom. The molecule has 0 unspecified atom stereocenters. The highest BCUT2D eigenvalue weighted by molar-refractivity contribution is 5.91. The van der Waals surface area contributed by atoms with E-state index in [-0.39, 0.29) is 11.7 Å². The zero-order valence-electron chi connectivity index (χ0n) is 20.7. The third-order valence-corrected chi connectivity index (χ3v) is 7.29. The molecule has 2 aromatic heterocycles. The number of piperazine rings is 1. The number of halogens is 1. The first-order chi connectivity index (χ1) is 18.2. The van der Waals surface area contributed by atoms with Gasteiger partial charge in [0, 0.05) is 54.6 Å². The maximum Gasteiger partial charge on any atom is 0.222 e. The Balaban J connectivity index is 1.17. The van der Waals surface area contributed by atoms with Crippen LogP contribution in [0.15, 0.2) is 84.9 Å². The summed E-state index contributed by atoms with van der Waals surface area (Å²) in [6.07, 6.45) is 1.84. The van der Waals surface area contributed by atoms with E-state index in [0.29, 0.717) is 19.3 Å². The molecule has 0 spiro atoms. The van der Waals surface area contributed by atoms with Crippen molar-refractivity contribution >= 4 is 33.4 Å². The Morgan fingerprint density at radius 1 is 0.892 bits per heavy atom. The fraction of sp³-hybridized carbons (Fsp3) is 0.226. The van der Waals surface area contributed by atoms with Crippen molar-refractivity contribution in [2.75, 3.05) is 31.1 Å². The standard InChI is InChI=1S/C31H29FN4O/c32-23-14-16-28-26(21-23)25(31(34-28)29-15-13-22-7-4-5-11-27(22)33-29)10-6-12-30(37)36-19-17-35(18-20-36)24-8-2-1-3-9-24/h1-5,7-9,11,13-16,21,34H,6,10,12,17-20H2. The molecule has 5 aromatic rings. The van der Waals surface area contributed by atoms with Crippen molar-refractivity contribution in [1.29, 1.82) is 0 Å². The fourth-order valence-corrected chi connectivity index (χ4v) is 5.33. The molecule has 1 aliphatic rings. The summed E-state index contributed by atoms with van der Waals surface area (Å²) < 4.78 is 14.2. The van der Waals surface area contributed by atoms with Gasteiger partial charge in [-0.25, -0.2) is 9.37 Å². The van der Waals surface area contributed by atoms with Crippen molar-refractivity contribution in [3.63, 3.8) is 0 Å². The van der Waals surface area contributed by atoms with Crippen molar-refractivity contribution in [2.24, 2.45) is 0 Å². The number of H-pyrrole nitrogens is 1. The van der Waals surface area contributed by atoms with Crippen molar-refractivity contribution in [3.8, 4) is 11.4 Å². The van der Waals surface area contributed by atoms with Crippen LogP contribution in [0.25, 0.3) is 33.2 Å². The van der Waals surface area contributed by atoms with E-state index < -0.39 is 0 Å². The van der Waals surface area contributed by atoms with Gasteiger partial charge in [0.1, 0.15) is 5.82 Å². The van der Waals surface area contributed by atoms with Crippen molar-refractivity contribution in [1.82, 2.24) is 14.9 Å². The lowest BCUT2D eigenvalue weighted by molar-refractivity contribution is -0.131. The molecule has 1 aliphatic heterocycles. The Morgan fingerprint density at radius 2 is 1.68 bits per heavy atom. The van der Waals surface area contributed by atoms with E-state index in [4.69, 9.17) is 4.98 Å². The number of carbonyl (C=O) groups is 1. The molecular formula is C31H29FN4O. The number of rotatable bonds is 6. The Kier molecular flexibility index (Phi) is 6.31. The first kappa shape index (κ1) is 23.2. The monoisotopic (exact) mass is 492 g/mol. The molecule has 1 fully saturated rings. The SMILES string of the molecule is O=C(CCCc1c(-c2ccc3ccccc3n2)[nH]c2ccc(F)cc12)N1CCN(c2ccccc2)CC1. The molecule has 3 heterocycles. The minimum Gasteiger partial charge on any atom is -0.368 e. The van der Waals surface area contributed by atoms with Crippen LogP contribution in [0, 0.1) is 5.82 Å². The summed E-state index contributed by atoms with van der Waals surface area (Å²) in [4.78, 5) is 25.6. The number of carbonyl (C=O) groups excluding carboxylic acids is 1. The van der Waals surface area contributed by atoms with Crippen LogP contribution in [0.3, 0.4) is 0 Å². The summed E-state index contributed by atoms with van der Waals surface area (Å²) in [5, 5.41) is 1.93. The highest BCUT2D eigenvalue weighted by atomic mass is 19.1. The zero-order valence-corrected chi connectivity index (χ0v) is 20.7. The van der Waals surface area contributed by atoms with Crippen LogP contribution < -0.4 is 4.90 Å². The maximum atomic E-state index is 14.2. The normalized spacial score (nSPS) is 14.0. The molecule has 0 atom stereocenters. The molecule has 0 aliphatic carbocycles. The van der Waals surface area contributed by atoms with E-state index in [0.717, 1.165) is 64.9 Å². The quantitative estimate of drug-likeness (QED) is 0.307. The summed E-state index contributed by atoms with van der Waals surface area (Å²) in [5.41, 5.74) is 5.74. The Hall–Kier alpha value is -4.19. The van der Waals surface area contributed by atoms with Crippen LogP contribution >= 0.6 is 0 Å². The van der Waals surface area contributed by atoms with Gasteiger partial charge < -0.3 is 14.8 Å². The van der Waals surface area contributed by atoms with E-state index in [2.05, 4.69) is 28.1 Å². The minimum atomic E-state index is -0.266. The number of aromatic nitrogens is 2. The summed E-state index contributed by atoms with van der Waals surface area (Å²) >= 11 is 0. The predicted molar refractivity (Wildman–Crippen MR) is 147 cm³/mol. The molecule has 1 saturated heterocycles. The number of nitrogens with one attached hydrogen (secondary N) is 1. The first-order valence-electron chi connectivity index (χ1n) is 12.9. The third-order valence-electron chi connectivity index (χ3n) is 7.29. The second-order valence-electron chi connectivity index (χ2n) is 9.61. The lowest BCUT2D eigenvalue weighted by Gasteiger charge is -2.36. The molecule has 3 aromatic carbocycles. The largest absolute Gasteiger partial charge is 0.368 e. The van der Waals surface area contributed by atoms with Crippen LogP contribution in [0.4, 0.5) is 10.1 Å². The van der Waals surface area contributed by atoms with E-state index in [1.165, 1.54) is 11.8 Å². The van der Waals surface area contributed by atoms with Gasteiger partial charge in [-0.3, -0.25) is 4.79 Å². The second kappa shape index (κ2) is 10.1. The lowest BCUT2D eigenvalue weighted by Crippen LogP contribution is -2.48. The van der Waals surface area contributed by atoms with E-state index in [9.17, 15) is 9.18 Å². The van der Waals surface area contributed by atoms with Crippen LogP contribution in [0.2, 0.25) is 0 Å². The van der Waals surface area contributed by atoms with Gasteiger partial charge in [0.05, 0.1) is 16.9 Å². The number of anilines is 1. The zero-order chi connectivity index (χ0) is 25.2. The number of aryl methyl sites for hydroxylation is 1. The van der Waals surface area contributed by atoms with Gasteiger partial charge in [0.25, 0.3) is 0 Å². The molecule has 186 valence electrons. The molecule has 5 nitrogen and oxygen atoms in total. The smallest absolute Gasteiger partial charge is 0.222 e. The van der Waals surface area contributed by atoms with Gasteiger partial charge in [0.15, 0.2) is 0 Å². The van der Waals surface area contributed by atoms with E-state index in [1.54, 1.807) is 12.1 Å². The second-order valence-corrected chi connectivity index (χ2v) is 9.61. The molecule has 1 amide bonds. The van der Waals surface area contributed by atoms with Gasteiger partial charge in [-0.2, -0.15) is 0 Å². The number of para-hydroxylation sites is 2. The lowest BCUT2D eigenvalue weighted by atomic mass is 10.0. The topological polar surface area (TPSA) is 52.2 Å². The number of fused-ring (bicyclic) bond motifs is 2. The molecular weight excluding hydrogens is 463 g/mol. The predicted octanol–water partition coefficient (Wildman–Crippen LogP) is 6.19. The highest BCUT2D eigenvalue weighted by Gasteiger charge is 2.22. The van der Waals surface area contributed by atoms with Gasteiger partial charge in [-0.05, 0) is 60.9 Å². The number of pyridine rings is 1. The minimum absolute atomic E-state index is 0.184. The van der Waals surface area contributed by atoms with Crippen molar-refractivity contribution in [2.45, 2.75) is 19.3 Å². The van der Waals surface area contributed by atoms with Gasteiger partial charge in [-0.15, -0.1) is 0 Å². The number of hydrogen-bond acceptors (Lipinski definition) is 3. The molecule has 6 heteroatoms. The fourth-order valence-electron chi connectivity index (χ4n) is 5.33. The average molecular weight is 493 g/mol.